The van der Waals surface area contributed by atoms with Crippen LogP contribution in [0.2, 0.25) is 0 Å². The SMILES string of the molecule is COc1cc(C=C2C(=O)NC(=S)N(c3cccc(C(=O)O)c3)C2=O)cc(I)c1OCc1ccc(Br)cc1. The fourth-order valence-corrected chi connectivity index (χ4v) is 4.86. The maximum absolute atomic E-state index is 13.3. The van der Waals surface area contributed by atoms with Gasteiger partial charge in [0.25, 0.3) is 11.8 Å². The largest absolute Gasteiger partial charge is 0.493 e. The molecule has 37 heavy (non-hydrogen) atoms. The van der Waals surface area contributed by atoms with Crippen LogP contribution in [0.5, 0.6) is 11.5 Å². The van der Waals surface area contributed by atoms with E-state index in [1.165, 1.54) is 37.5 Å². The molecule has 4 rings (SSSR count). The zero-order chi connectivity index (χ0) is 26.7. The summed E-state index contributed by atoms with van der Waals surface area (Å²) >= 11 is 10.7. The first-order chi connectivity index (χ1) is 17.7. The van der Waals surface area contributed by atoms with E-state index in [0.29, 0.717) is 27.2 Å². The number of anilines is 1. The number of hydrogen-bond acceptors (Lipinski definition) is 6. The van der Waals surface area contributed by atoms with Crippen molar-refractivity contribution >= 4 is 85.4 Å². The summed E-state index contributed by atoms with van der Waals surface area (Å²) in [6.07, 6.45) is 1.43. The molecular formula is C26H18BrIN2O6S. The molecule has 0 radical (unpaired) electrons. The van der Waals surface area contributed by atoms with Crippen molar-refractivity contribution < 1.29 is 29.0 Å². The van der Waals surface area contributed by atoms with Crippen molar-refractivity contribution in [2.45, 2.75) is 6.61 Å². The Kier molecular flexibility index (Phi) is 8.25. The Labute approximate surface area is 239 Å². The molecule has 8 nitrogen and oxygen atoms in total. The number of carboxylic acid groups (broad SMARTS) is 1. The highest BCUT2D eigenvalue weighted by Gasteiger charge is 2.34. The van der Waals surface area contributed by atoms with Crippen LogP contribution in [0.1, 0.15) is 21.5 Å². The smallest absolute Gasteiger partial charge is 0.335 e. The molecule has 1 saturated heterocycles. The number of nitrogens with zero attached hydrogens (tertiary/aromatic N) is 1. The molecule has 2 amide bonds. The lowest BCUT2D eigenvalue weighted by Gasteiger charge is -2.29. The molecule has 0 unspecified atom stereocenters. The minimum atomic E-state index is -1.15. The predicted molar refractivity (Wildman–Crippen MR) is 154 cm³/mol. The molecule has 0 spiro atoms. The summed E-state index contributed by atoms with van der Waals surface area (Å²) in [5.41, 5.74) is 1.54. The van der Waals surface area contributed by atoms with Gasteiger partial charge in [-0.15, -0.1) is 0 Å². The van der Waals surface area contributed by atoms with E-state index in [0.717, 1.165) is 14.9 Å². The standard InChI is InChI=1S/C26H18BrIN2O6S/c1-35-21-11-15(10-20(28)22(21)36-13-14-5-7-17(27)8-6-14)9-19-23(31)29-26(37)30(24(19)32)18-4-2-3-16(12-18)25(33)34/h2-12H,13H2,1H3,(H,33,34)(H,29,31,37). The highest BCUT2D eigenvalue weighted by atomic mass is 127. The maximum Gasteiger partial charge on any atom is 0.335 e. The molecule has 0 aliphatic carbocycles. The van der Waals surface area contributed by atoms with Gasteiger partial charge in [0.05, 0.1) is 21.9 Å². The van der Waals surface area contributed by atoms with Crippen molar-refractivity contribution in [3.63, 3.8) is 0 Å². The van der Waals surface area contributed by atoms with Gasteiger partial charge in [0.15, 0.2) is 16.6 Å². The normalized spacial score (nSPS) is 14.5. The quantitative estimate of drug-likeness (QED) is 0.152. The minimum Gasteiger partial charge on any atom is -0.493 e. The van der Waals surface area contributed by atoms with Crippen molar-refractivity contribution in [2.75, 3.05) is 12.0 Å². The average Bonchev–Trinajstić information content (AvgIpc) is 2.86. The Morgan fingerprint density at radius 1 is 1.16 bits per heavy atom. The Balaban J connectivity index is 1.64. The third kappa shape index (κ3) is 6.00. The van der Waals surface area contributed by atoms with Gasteiger partial charge in [0, 0.05) is 4.47 Å². The van der Waals surface area contributed by atoms with Crippen molar-refractivity contribution in [3.05, 3.63) is 91.0 Å². The van der Waals surface area contributed by atoms with E-state index in [-0.39, 0.29) is 21.9 Å². The number of amides is 2. The first kappa shape index (κ1) is 26.8. The lowest BCUT2D eigenvalue weighted by molar-refractivity contribution is -0.122. The second-order valence-electron chi connectivity index (χ2n) is 7.76. The molecule has 188 valence electrons. The fraction of sp³-hybridized carbons (Fsp3) is 0.0769. The summed E-state index contributed by atoms with van der Waals surface area (Å²) in [5, 5.41) is 11.7. The van der Waals surface area contributed by atoms with Crippen LogP contribution >= 0.6 is 50.7 Å². The minimum absolute atomic E-state index is 0.0199. The number of nitrogens with one attached hydrogen (secondary N) is 1. The summed E-state index contributed by atoms with van der Waals surface area (Å²) in [7, 11) is 1.50. The lowest BCUT2D eigenvalue weighted by atomic mass is 10.1. The van der Waals surface area contributed by atoms with Crippen molar-refractivity contribution in [3.8, 4) is 11.5 Å². The zero-order valence-electron chi connectivity index (χ0n) is 19.2. The number of carboxylic acids is 1. The lowest BCUT2D eigenvalue weighted by Crippen LogP contribution is -2.54. The van der Waals surface area contributed by atoms with Gasteiger partial charge in [-0.2, -0.15) is 0 Å². The molecule has 1 heterocycles. The number of carbonyl (C=O) groups is 3. The highest BCUT2D eigenvalue weighted by Crippen LogP contribution is 2.35. The van der Waals surface area contributed by atoms with Crippen LogP contribution in [0.3, 0.4) is 0 Å². The van der Waals surface area contributed by atoms with Gasteiger partial charge >= 0.3 is 5.97 Å². The molecule has 1 aliphatic rings. The summed E-state index contributed by atoms with van der Waals surface area (Å²) in [5.74, 6) is -1.53. The van der Waals surface area contributed by atoms with Crippen LogP contribution < -0.4 is 19.7 Å². The molecule has 11 heteroatoms. The number of aromatic carboxylic acids is 1. The van der Waals surface area contributed by atoms with E-state index < -0.39 is 17.8 Å². The van der Waals surface area contributed by atoms with Crippen molar-refractivity contribution in [1.29, 1.82) is 0 Å². The van der Waals surface area contributed by atoms with Gasteiger partial charge in [-0.25, -0.2) is 4.79 Å². The average molecular weight is 693 g/mol. The van der Waals surface area contributed by atoms with E-state index in [1.807, 2.05) is 24.3 Å². The molecule has 0 aromatic heterocycles. The van der Waals surface area contributed by atoms with E-state index in [4.69, 9.17) is 21.7 Å². The molecule has 3 aromatic carbocycles. The topological polar surface area (TPSA) is 105 Å². The van der Waals surface area contributed by atoms with E-state index >= 15 is 0 Å². The van der Waals surface area contributed by atoms with E-state index in [9.17, 15) is 19.5 Å². The summed E-state index contributed by atoms with van der Waals surface area (Å²) < 4.78 is 13.2. The number of rotatable bonds is 7. The first-order valence-corrected chi connectivity index (χ1v) is 13.0. The maximum atomic E-state index is 13.3. The molecule has 0 saturated carbocycles. The molecule has 1 fully saturated rings. The number of carbonyl (C=O) groups excluding carboxylic acids is 2. The number of methoxy groups -OCH3 is 1. The number of halogens is 2. The number of ether oxygens (including phenoxy) is 2. The van der Waals surface area contributed by atoms with Gasteiger partial charge < -0.3 is 14.6 Å². The van der Waals surface area contributed by atoms with Crippen LogP contribution in [0.25, 0.3) is 6.08 Å². The van der Waals surface area contributed by atoms with Gasteiger partial charge in [-0.1, -0.05) is 34.1 Å². The number of benzene rings is 3. The summed E-state index contributed by atoms with van der Waals surface area (Å²) in [4.78, 5) is 38.5. The zero-order valence-corrected chi connectivity index (χ0v) is 23.7. The Bertz CT molecular complexity index is 1460. The highest BCUT2D eigenvalue weighted by molar-refractivity contribution is 14.1. The van der Waals surface area contributed by atoms with Crippen LogP contribution in [-0.2, 0) is 16.2 Å². The first-order valence-electron chi connectivity index (χ1n) is 10.7. The van der Waals surface area contributed by atoms with Gasteiger partial charge in [-0.05, 0) is 94.5 Å². The van der Waals surface area contributed by atoms with Crippen LogP contribution in [0.15, 0.2) is 70.7 Å². The third-order valence-electron chi connectivity index (χ3n) is 5.31. The predicted octanol–water partition coefficient (Wildman–Crippen LogP) is 5.17. The summed E-state index contributed by atoms with van der Waals surface area (Å²) in [6, 6.07) is 16.9. The number of hydrogen-bond donors (Lipinski definition) is 2. The van der Waals surface area contributed by atoms with Crippen molar-refractivity contribution in [2.24, 2.45) is 0 Å². The fourth-order valence-electron chi connectivity index (χ4n) is 3.54. The molecule has 0 bridgehead atoms. The summed E-state index contributed by atoms with van der Waals surface area (Å²) in [6.45, 7) is 0.322. The Hall–Kier alpha value is -3.29. The monoisotopic (exact) mass is 692 g/mol. The second kappa shape index (κ2) is 11.4. The van der Waals surface area contributed by atoms with Gasteiger partial charge in [0.2, 0.25) is 0 Å². The molecule has 1 aliphatic heterocycles. The van der Waals surface area contributed by atoms with Crippen molar-refractivity contribution in [1.82, 2.24) is 5.32 Å². The Morgan fingerprint density at radius 2 is 1.89 bits per heavy atom. The molecule has 0 atom stereocenters. The molecule has 2 N–H and O–H groups in total. The van der Waals surface area contributed by atoms with Crippen LogP contribution in [0.4, 0.5) is 5.69 Å². The van der Waals surface area contributed by atoms with Crippen LogP contribution in [-0.4, -0.2) is 35.1 Å². The molecular weight excluding hydrogens is 675 g/mol. The third-order valence-corrected chi connectivity index (χ3v) is 6.93. The van der Waals surface area contributed by atoms with Gasteiger partial charge in [-0.3, -0.25) is 19.8 Å². The van der Waals surface area contributed by atoms with Gasteiger partial charge in [0.1, 0.15) is 12.2 Å². The Morgan fingerprint density at radius 3 is 2.57 bits per heavy atom. The molecule has 3 aromatic rings. The van der Waals surface area contributed by atoms with E-state index in [2.05, 4.69) is 43.8 Å². The number of thiocarbonyl (C=S) groups is 1. The van der Waals surface area contributed by atoms with E-state index in [1.54, 1.807) is 12.1 Å². The van der Waals surface area contributed by atoms with Crippen LogP contribution in [0, 0.1) is 3.57 Å². The second-order valence-corrected chi connectivity index (χ2v) is 10.2.